The minimum atomic E-state index is -1.24. The molecule has 0 amide bonds. The van der Waals surface area contributed by atoms with E-state index < -0.39 is 14.2 Å². The summed E-state index contributed by atoms with van der Waals surface area (Å²) in [7, 11) is -1.24. The van der Waals surface area contributed by atoms with Gasteiger partial charge >= 0.3 is 0 Å². The lowest BCUT2D eigenvalue weighted by atomic mass is 10.4. The second kappa shape index (κ2) is 3.05. The fourth-order valence-corrected chi connectivity index (χ4v) is 0.963. The van der Waals surface area contributed by atoms with E-state index in [-0.39, 0.29) is 0 Å². The van der Waals surface area contributed by atoms with Gasteiger partial charge in [-0.1, -0.05) is 25.6 Å². The third-order valence-electron chi connectivity index (χ3n) is 0.656. The van der Waals surface area contributed by atoms with Crippen LogP contribution in [-0.2, 0) is 0 Å². The lowest BCUT2D eigenvalue weighted by Gasteiger charge is -2.03. The van der Waals surface area contributed by atoms with Crippen LogP contribution >= 0.6 is 0 Å². The molecule has 0 aliphatic rings. The SMILES string of the molecule is CC(O)C#C[Si](C)(C)C. The lowest BCUT2D eigenvalue weighted by Crippen LogP contribution is -2.17. The predicted molar refractivity (Wildman–Crippen MR) is 42.8 cm³/mol. The summed E-state index contributed by atoms with van der Waals surface area (Å²) in [5, 5.41) is 8.76. The number of hydrogen-bond acceptors (Lipinski definition) is 1. The van der Waals surface area contributed by atoms with Crippen molar-refractivity contribution >= 4 is 8.07 Å². The molecule has 52 valence electrons. The highest BCUT2D eigenvalue weighted by molar-refractivity contribution is 6.83. The summed E-state index contributed by atoms with van der Waals surface area (Å²) in [5.74, 6) is 2.75. The van der Waals surface area contributed by atoms with Gasteiger partial charge in [0, 0.05) is 0 Å². The van der Waals surface area contributed by atoms with E-state index in [1.54, 1.807) is 6.92 Å². The van der Waals surface area contributed by atoms with Crippen LogP contribution in [0.5, 0.6) is 0 Å². The van der Waals surface area contributed by atoms with Gasteiger partial charge in [-0.3, -0.25) is 0 Å². The second-order valence-corrected chi connectivity index (χ2v) is 7.95. The molecule has 0 rings (SSSR count). The maximum absolute atomic E-state index is 8.76. The van der Waals surface area contributed by atoms with Crippen LogP contribution in [0.2, 0.25) is 19.6 Å². The van der Waals surface area contributed by atoms with Gasteiger partial charge in [0.15, 0.2) is 0 Å². The Morgan fingerprint density at radius 1 is 1.33 bits per heavy atom. The molecule has 0 aliphatic carbocycles. The van der Waals surface area contributed by atoms with Crippen LogP contribution < -0.4 is 0 Å². The van der Waals surface area contributed by atoms with Gasteiger partial charge in [0.05, 0.1) is 0 Å². The molecule has 0 aliphatic heterocycles. The first-order valence-electron chi connectivity index (χ1n) is 3.12. The van der Waals surface area contributed by atoms with Crippen molar-refractivity contribution in [2.75, 3.05) is 0 Å². The van der Waals surface area contributed by atoms with Crippen molar-refractivity contribution in [2.45, 2.75) is 32.7 Å². The third-order valence-corrected chi connectivity index (χ3v) is 1.55. The monoisotopic (exact) mass is 142 g/mol. The number of hydrogen-bond donors (Lipinski definition) is 1. The lowest BCUT2D eigenvalue weighted by molar-refractivity contribution is 0.253. The van der Waals surface area contributed by atoms with Gasteiger partial charge in [0.1, 0.15) is 14.2 Å². The van der Waals surface area contributed by atoms with E-state index >= 15 is 0 Å². The number of aliphatic hydroxyl groups excluding tert-OH is 1. The van der Waals surface area contributed by atoms with Gasteiger partial charge in [-0.05, 0) is 6.92 Å². The van der Waals surface area contributed by atoms with Crippen LogP contribution in [0.4, 0.5) is 0 Å². The Balaban J connectivity index is 3.88. The Morgan fingerprint density at radius 3 is 1.89 bits per heavy atom. The Kier molecular flexibility index (Phi) is 2.96. The highest BCUT2D eigenvalue weighted by atomic mass is 28.3. The Morgan fingerprint density at radius 2 is 1.78 bits per heavy atom. The molecule has 9 heavy (non-hydrogen) atoms. The zero-order valence-electron chi connectivity index (χ0n) is 6.52. The molecule has 0 spiro atoms. The van der Waals surface area contributed by atoms with Crippen LogP contribution in [0.25, 0.3) is 0 Å². The fourth-order valence-electron chi connectivity index (χ4n) is 0.321. The molecule has 1 nitrogen and oxygen atoms in total. The van der Waals surface area contributed by atoms with Crippen LogP contribution in [0, 0.1) is 11.5 Å². The zero-order chi connectivity index (χ0) is 7.49. The molecule has 0 bridgehead atoms. The minimum Gasteiger partial charge on any atom is -0.381 e. The van der Waals surface area contributed by atoms with Crippen LogP contribution in [0.15, 0.2) is 0 Å². The molecule has 0 saturated heterocycles. The molecule has 1 N–H and O–H groups in total. The van der Waals surface area contributed by atoms with E-state index in [1.165, 1.54) is 0 Å². The quantitative estimate of drug-likeness (QED) is 0.398. The maximum Gasteiger partial charge on any atom is 0.129 e. The fraction of sp³-hybridized carbons (Fsp3) is 0.714. The maximum atomic E-state index is 8.76. The summed E-state index contributed by atoms with van der Waals surface area (Å²) in [6.45, 7) is 8.15. The minimum absolute atomic E-state index is 0.461. The molecule has 0 aromatic carbocycles. The van der Waals surface area contributed by atoms with E-state index in [1.807, 2.05) is 0 Å². The third kappa shape index (κ3) is 7.74. The molecular weight excluding hydrogens is 128 g/mol. The van der Waals surface area contributed by atoms with Crippen molar-refractivity contribution < 1.29 is 5.11 Å². The summed E-state index contributed by atoms with van der Waals surface area (Å²) in [5.41, 5.74) is 3.06. The highest BCUT2D eigenvalue weighted by Gasteiger charge is 2.07. The average Bonchev–Trinajstić information content (AvgIpc) is 1.59. The first-order chi connectivity index (χ1) is 3.92. The highest BCUT2D eigenvalue weighted by Crippen LogP contribution is 1.96. The standard InChI is InChI=1S/C7H14OSi/c1-7(8)5-6-9(2,3)4/h7-8H,1-4H3. The van der Waals surface area contributed by atoms with Crippen LogP contribution in [-0.4, -0.2) is 19.3 Å². The van der Waals surface area contributed by atoms with Gasteiger partial charge in [0.25, 0.3) is 0 Å². The summed E-state index contributed by atoms with van der Waals surface area (Å²) >= 11 is 0. The topological polar surface area (TPSA) is 20.2 Å². The van der Waals surface area contributed by atoms with Gasteiger partial charge in [-0.15, -0.1) is 5.54 Å². The van der Waals surface area contributed by atoms with Gasteiger partial charge in [-0.25, -0.2) is 0 Å². The van der Waals surface area contributed by atoms with Gasteiger partial charge in [-0.2, -0.15) is 0 Å². The van der Waals surface area contributed by atoms with Gasteiger partial charge < -0.3 is 5.11 Å². The van der Waals surface area contributed by atoms with Crippen molar-refractivity contribution in [3.8, 4) is 11.5 Å². The van der Waals surface area contributed by atoms with Crippen molar-refractivity contribution in [3.63, 3.8) is 0 Å². The molecule has 1 unspecified atom stereocenters. The average molecular weight is 142 g/mol. The normalized spacial score (nSPS) is 13.9. The predicted octanol–water partition coefficient (Wildman–Crippen LogP) is 1.25. The van der Waals surface area contributed by atoms with Crippen LogP contribution in [0.1, 0.15) is 6.92 Å². The molecule has 0 fully saturated rings. The van der Waals surface area contributed by atoms with E-state index in [9.17, 15) is 0 Å². The van der Waals surface area contributed by atoms with E-state index in [2.05, 4.69) is 31.1 Å². The Hall–Kier alpha value is -0.263. The molecule has 2 heteroatoms. The first-order valence-corrected chi connectivity index (χ1v) is 6.62. The summed E-state index contributed by atoms with van der Waals surface area (Å²) in [4.78, 5) is 0. The van der Waals surface area contributed by atoms with Crippen LogP contribution in [0.3, 0.4) is 0 Å². The molecule has 1 atom stereocenters. The smallest absolute Gasteiger partial charge is 0.129 e. The van der Waals surface area contributed by atoms with E-state index in [0.29, 0.717) is 0 Å². The van der Waals surface area contributed by atoms with Crippen molar-refractivity contribution in [1.82, 2.24) is 0 Å². The molecule has 0 heterocycles. The summed E-state index contributed by atoms with van der Waals surface area (Å²) in [6, 6.07) is 0. The Labute approximate surface area is 58.1 Å². The van der Waals surface area contributed by atoms with Crippen molar-refractivity contribution in [2.24, 2.45) is 0 Å². The number of aliphatic hydroxyl groups is 1. The summed E-state index contributed by atoms with van der Waals surface area (Å²) < 4.78 is 0. The first kappa shape index (κ1) is 8.74. The Bertz CT molecular complexity index is 133. The molecule has 0 aromatic rings. The van der Waals surface area contributed by atoms with Crippen molar-refractivity contribution in [1.29, 1.82) is 0 Å². The molecule has 0 saturated carbocycles. The number of rotatable bonds is 0. The largest absolute Gasteiger partial charge is 0.381 e. The zero-order valence-corrected chi connectivity index (χ0v) is 7.52. The van der Waals surface area contributed by atoms with E-state index in [0.717, 1.165) is 0 Å². The molecule has 0 radical (unpaired) electrons. The molecule has 0 aromatic heterocycles. The van der Waals surface area contributed by atoms with Crippen molar-refractivity contribution in [3.05, 3.63) is 0 Å². The van der Waals surface area contributed by atoms with Gasteiger partial charge in [0.2, 0.25) is 0 Å². The molecular formula is C7H14OSi. The summed E-state index contributed by atoms with van der Waals surface area (Å²) in [6.07, 6.45) is -0.461. The second-order valence-electron chi connectivity index (χ2n) is 3.20. The van der Waals surface area contributed by atoms with E-state index in [4.69, 9.17) is 5.11 Å².